The molecule has 0 radical (unpaired) electrons. The number of urea groups is 1. The number of rotatable bonds is 6. The van der Waals surface area contributed by atoms with Gasteiger partial charge >= 0.3 is 12.2 Å². The number of nitrogens with zero attached hydrogens (tertiary/aromatic N) is 1. The van der Waals surface area contributed by atoms with E-state index in [0.717, 1.165) is 19.6 Å². The summed E-state index contributed by atoms with van der Waals surface area (Å²) in [5, 5.41) is 5.26. The van der Waals surface area contributed by atoms with Crippen LogP contribution in [-0.2, 0) is 6.42 Å². The fraction of sp³-hybridized carbons (Fsp3) is 0.588. The molecule has 1 atom stereocenters. The van der Waals surface area contributed by atoms with Gasteiger partial charge in [0, 0.05) is 18.8 Å². The largest absolute Gasteiger partial charge is 0.393 e. The van der Waals surface area contributed by atoms with E-state index in [1.54, 1.807) is 6.07 Å². The number of carbonyl (C=O) groups excluding carboxylic acids is 1. The van der Waals surface area contributed by atoms with Crippen molar-refractivity contribution in [3.8, 4) is 0 Å². The van der Waals surface area contributed by atoms with E-state index in [-0.39, 0.29) is 11.3 Å². The number of amides is 2. The third-order valence-corrected chi connectivity index (χ3v) is 4.04. The first-order valence-electron chi connectivity index (χ1n) is 8.25. The Bertz CT molecular complexity index is 542. The van der Waals surface area contributed by atoms with Crippen molar-refractivity contribution in [3.05, 3.63) is 29.8 Å². The molecule has 1 aliphatic rings. The lowest BCUT2D eigenvalue weighted by atomic mass is 10.1. The highest BCUT2D eigenvalue weighted by atomic mass is 19.4. The summed E-state index contributed by atoms with van der Waals surface area (Å²) in [6, 6.07) is 5.51. The van der Waals surface area contributed by atoms with Crippen molar-refractivity contribution in [3.63, 3.8) is 0 Å². The van der Waals surface area contributed by atoms with Crippen LogP contribution in [0.5, 0.6) is 0 Å². The summed E-state index contributed by atoms with van der Waals surface area (Å²) in [5.41, 5.74) is 0.254. The molecule has 134 valence electrons. The summed E-state index contributed by atoms with van der Waals surface area (Å²) < 4.78 is 37.7. The number of anilines is 1. The van der Waals surface area contributed by atoms with Crippen molar-refractivity contribution in [2.75, 3.05) is 31.5 Å². The molecule has 7 heteroatoms. The minimum absolute atomic E-state index is 0.0604. The second kappa shape index (κ2) is 8.37. The summed E-state index contributed by atoms with van der Waals surface area (Å²) in [5.74, 6) is 0.291. The summed E-state index contributed by atoms with van der Waals surface area (Å²) >= 11 is 0. The van der Waals surface area contributed by atoms with Crippen molar-refractivity contribution in [1.82, 2.24) is 10.2 Å². The Balaban J connectivity index is 1.81. The first-order valence-corrected chi connectivity index (χ1v) is 8.25. The lowest BCUT2D eigenvalue weighted by Crippen LogP contribution is -2.36. The zero-order valence-corrected chi connectivity index (χ0v) is 13.8. The van der Waals surface area contributed by atoms with E-state index in [9.17, 15) is 18.0 Å². The number of nitrogens with one attached hydrogen (secondary N) is 2. The van der Waals surface area contributed by atoms with Gasteiger partial charge in [0.05, 0.1) is 6.42 Å². The molecule has 0 spiro atoms. The molecule has 24 heavy (non-hydrogen) atoms. The zero-order valence-electron chi connectivity index (χ0n) is 13.8. The van der Waals surface area contributed by atoms with E-state index in [4.69, 9.17) is 0 Å². The van der Waals surface area contributed by atoms with Crippen LogP contribution < -0.4 is 10.6 Å². The highest BCUT2D eigenvalue weighted by Gasteiger charge is 2.29. The molecular formula is C17H24F3N3O. The maximum absolute atomic E-state index is 12.6. The fourth-order valence-electron chi connectivity index (χ4n) is 2.92. The van der Waals surface area contributed by atoms with Crippen LogP contribution in [0.1, 0.15) is 25.3 Å². The van der Waals surface area contributed by atoms with Gasteiger partial charge < -0.3 is 15.5 Å². The van der Waals surface area contributed by atoms with Gasteiger partial charge in [0.25, 0.3) is 0 Å². The Labute approximate surface area is 140 Å². The van der Waals surface area contributed by atoms with Gasteiger partial charge in [0.1, 0.15) is 0 Å². The number of hydrogen-bond donors (Lipinski definition) is 2. The molecule has 1 aromatic rings. The first-order chi connectivity index (χ1) is 11.3. The molecule has 0 aliphatic carbocycles. The zero-order chi connectivity index (χ0) is 17.6. The predicted molar refractivity (Wildman–Crippen MR) is 88.1 cm³/mol. The summed E-state index contributed by atoms with van der Waals surface area (Å²) in [7, 11) is 0. The third kappa shape index (κ3) is 6.39. The van der Waals surface area contributed by atoms with Gasteiger partial charge in [-0.3, -0.25) is 0 Å². The smallest absolute Gasteiger partial charge is 0.338 e. The SMILES string of the molecule is CC(CNC(=O)Nc1ccccc1CC(F)(F)F)CN1CCCC1. The quantitative estimate of drug-likeness (QED) is 0.828. The van der Waals surface area contributed by atoms with Gasteiger partial charge in [0.2, 0.25) is 0 Å². The molecule has 1 aliphatic heterocycles. The number of para-hydroxylation sites is 1. The fourth-order valence-corrected chi connectivity index (χ4v) is 2.92. The molecule has 1 fully saturated rings. The van der Waals surface area contributed by atoms with Gasteiger partial charge in [-0.15, -0.1) is 0 Å². The average molecular weight is 343 g/mol. The van der Waals surface area contributed by atoms with Crippen molar-refractivity contribution in [2.45, 2.75) is 32.4 Å². The molecule has 2 N–H and O–H groups in total. The second-order valence-electron chi connectivity index (χ2n) is 6.40. The molecule has 0 aromatic heterocycles. The maximum Gasteiger partial charge on any atom is 0.393 e. The Hall–Kier alpha value is -1.76. The number of carbonyl (C=O) groups is 1. The number of hydrogen-bond acceptors (Lipinski definition) is 2. The van der Waals surface area contributed by atoms with Gasteiger partial charge in [-0.05, 0) is 43.5 Å². The van der Waals surface area contributed by atoms with E-state index in [2.05, 4.69) is 22.5 Å². The molecule has 1 saturated heterocycles. The maximum atomic E-state index is 12.6. The lowest BCUT2D eigenvalue weighted by Gasteiger charge is -2.20. The van der Waals surface area contributed by atoms with Gasteiger partial charge in [-0.1, -0.05) is 25.1 Å². The highest BCUT2D eigenvalue weighted by Crippen LogP contribution is 2.25. The molecule has 4 nitrogen and oxygen atoms in total. The lowest BCUT2D eigenvalue weighted by molar-refractivity contribution is -0.127. The normalized spacial score (nSPS) is 16.8. The van der Waals surface area contributed by atoms with Crippen LogP contribution in [0.25, 0.3) is 0 Å². The standard InChI is InChI=1S/C17H24F3N3O/c1-13(12-23-8-4-5-9-23)11-21-16(24)22-15-7-3-2-6-14(15)10-17(18,19)20/h2-3,6-7,13H,4-5,8-12H2,1H3,(H2,21,22,24). The third-order valence-electron chi connectivity index (χ3n) is 4.04. The monoisotopic (exact) mass is 343 g/mol. The topological polar surface area (TPSA) is 44.4 Å². The Morgan fingerprint density at radius 1 is 1.25 bits per heavy atom. The van der Waals surface area contributed by atoms with E-state index in [1.807, 2.05) is 0 Å². The van der Waals surface area contributed by atoms with Crippen LogP contribution in [0.4, 0.5) is 23.7 Å². The first kappa shape index (κ1) is 18.6. The molecule has 2 rings (SSSR count). The number of likely N-dealkylation sites (tertiary alicyclic amines) is 1. The molecule has 1 aromatic carbocycles. The average Bonchev–Trinajstić information content (AvgIpc) is 2.99. The molecule has 1 unspecified atom stereocenters. The minimum atomic E-state index is -4.31. The van der Waals surface area contributed by atoms with Crippen LogP contribution in [0, 0.1) is 5.92 Å². The number of benzene rings is 1. The summed E-state index contributed by atoms with van der Waals surface area (Å²) in [4.78, 5) is 14.3. The Morgan fingerprint density at radius 2 is 1.92 bits per heavy atom. The van der Waals surface area contributed by atoms with Crippen LogP contribution in [0.15, 0.2) is 24.3 Å². The Morgan fingerprint density at radius 3 is 2.58 bits per heavy atom. The molecule has 0 bridgehead atoms. The molecule has 2 amide bonds. The van der Waals surface area contributed by atoms with E-state index in [1.165, 1.54) is 31.0 Å². The van der Waals surface area contributed by atoms with Gasteiger partial charge in [0.15, 0.2) is 0 Å². The predicted octanol–water partition coefficient (Wildman–Crippen LogP) is 3.64. The van der Waals surface area contributed by atoms with Crippen LogP contribution in [0.2, 0.25) is 0 Å². The van der Waals surface area contributed by atoms with Crippen molar-refractivity contribution < 1.29 is 18.0 Å². The van der Waals surface area contributed by atoms with Gasteiger partial charge in [-0.25, -0.2) is 4.79 Å². The van der Waals surface area contributed by atoms with E-state index >= 15 is 0 Å². The Kier molecular flexibility index (Phi) is 6.48. The highest BCUT2D eigenvalue weighted by molar-refractivity contribution is 5.90. The summed E-state index contributed by atoms with van der Waals surface area (Å²) in [6.45, 7) is 5.66. The number of alkyl halides is 3. The molecule has 1 heterocycles. The van der Waals surface area contributed by atoms with Crippen molar-refractivity contribution >= 4 is 11.7 Å². The van der Waals surface area contributed by atoms with Crippen LogP contribution in [0.3, 0.4) is 0 Å². The number of halogens is 3. The van der Waals surface area contributed by atoms with Gasteiger partial charge in [-0.2, -0.15) is 13.2 Å². The molecular weight excluding hydrogens is 319 g/mol. The van der Waals surface area contributed by atoms with E-state index < -0.39 is 18.6 Å². The van der Waals surface area contributed by atoms with Crippen molar-refractivity contribution in [1.29, 1.82) is 0 Å². The van der Waals surface area contributed by atoms with Crippen LogP contribution >= 0.6 is 0 Å². The minimum Gasteiger partial charge on any atom is -0.338 e. The molecule has 0 saturated carbocycles. The van der Waals surface area contributed by atoms with Crippen LogP contribution in [-0.4, -0.2) is 43.3 Å². The van der Waals surface area contributed by atoms with Crippen molar-refractivity contribution in [2.24, 2.45) is 5.92 Å². The summed E-state index contributed by atoms with van der Waals surface area (Å²) in [6.07, 6.45) is -2.93. The second-order valence-corrected chi connectivity index (χ2v) is 6.40. The van der Waals surface area contributed by atoms with E-state index in [0.29, 0.717) is 12.5 Å².